The Kier molecular flexibility index (Phi) is 6.34. The first kappa shape index (κ1) is 18.9. The largest absolute Gasteiger partial charge is 0.507 e. The molecule has 26 heavy (non-hydrogen) atoms. The van der Waals surface area contributed by atoms with E-state index >= 15 is 0 Å². The van der Waals surface area contributed by atoms with Gasteiger partial charge in [-0.15, -0.1) is 0 Å². The highest BCUT2D eigenvalue weighted by Crippen LogP contribution is 2.26. The van der Waals surface area contributed by atoms with Crippen molar-refractivity contribution in [3.8, 4) is 11.5 Å². The zero-order chi connectivity index (χ0) is 18.5. The molecule has 1 aromatic rings. The Labute approximate surface area is 153 Å². The van der Waals surface area contributed by atoms with Crippen molar-refractivity contribution in [1.29, 1.82) is 0 Å². The number of phenols is 1. The van der Waals surface area contributed by atoms with Gasteiger partial charge in [-0.3, -0.25) is 9.69 Å². The molecule has 1 saturated heterocycles. The molecule has 3 N–H and O–H groups in total. The van der Waals surface area contributed by atoms with Gasteiger partial charge in [0.05, 0.1) is 38.0 Å². The maximum Gasteiger partial charge on any atom is 0.255 e. The predicted octanol–water partition coefficient (Wildman–Crippen LogP) is 1.13. The molecule has 7 nitrogen and oxygen atoms in total. The van der Waals surface area contributed by atoms with E-state index in [0.717, 1.165) is 38.8 Å². The summed E-state index contributed by atoms with van der Waals surface area (Å²) in [6, 6.07) is 4.27. The van der Waals surface area contributed by atoms with Crippen molar-refractivity contribution in [2.75, 3.05) is 33.4 Å². The lowest BCUT2D eigenvalue weighted by Gasteiger charge is -2.38. The Morgan fingerprint density at radius 3 is 2.69 bits per heavy atom. The van der Waals surface area contributed by atoms with E-state index in [1.54, 1.807) is 6.07 Å². The number of amides is 1. The van der Waals surface area contributed by atoms with Gasteiger partial charge in [0.2, 0.25) is 0 Å². The molecule has 1 amide bonds. The molecule has 144 valence electrons. The van der Waals surface area contributed by atoms with Crippen LogP contribution in [0.3, 0.4) is 0 Å². The molecule has 1 aliphatic carbocycles. The molecule has 1 aromatic carbocycles. The number of ether oxygens (including phenoxy) is 2. The van der Waals surface area contributed by atoms with Crippen molar-refractivity contribution in [3.05, 3.63) is 23.8 Å². The molecule has 7 heteroatoms. The van der Waals surface area contributed by atoms with Crippen LogP contribution in [-0.2, 0) is 4.74 Å². The van der Waals surface area contributed by atoms with Gasteiger partial charge in [0.15, 0.2) is 0 Å². The van der Waals surface area contributed by atoms with Gasteiger partial charge in [-0.1, -0.05) is 12.8 Å². The molecule has 0 spiro atoms. The number of nitrogens with zero attached hydrogens (tertiary/aromatic N) is 1. The number of phenolic OH excluding ortho intramolecular Hbond substituents is 1. The molecule has 1 saturated carbocycles. The number of aliphatic hydroxyl groups is 1. The van der Waals surface area contributed by atoms with E-state index in [9.17, 15) is 15.0 Å². The number of hydrogen-bond donors (Lipinski definition) is 3. The van der Waals surface area contributed by atoms with Crippen LogP contribution in [0.2, 0.25) is 0 Å². The molecule has 0 aromatic heterocycles. The van der Waals surface area contributed by atoms with Crippen molar-refractivity contribution in [3.63, 3.8) is 0 Å². The third kappa shape index (κ3) is 4.28. The molecule has 3 rings (SSSR count). The van der Waals surface area contributed by atoms with Crippen LogP contribution in [0, 0.1) is 0 Å². The lowest BCUT2D eigenvalue weighted by atomic mass is 9.99. The third-order valence-corrected chi connectivity index (χ3v) is 5.35. The molecule has 3 atom stereocenters. The molecule has 0 radical (unpaired) electrons. The van der Waals surface area contributed by atoms with Gasteiger partial charge < -0.3 is 25.0 Å². The van der Waals surface area contributed by atoms with Crippen LogP contribution in [-0.4, -0.2) is 72.6 Å². The van der Waals surface area contributed by atoms with Gasteiger partial charge in [-0.25, -0.2) is 0 Å². The number of aromatic hydroxyl groups is 1. The predicted molar refractivity (Wildman–Crippen MR) is 96.6 cm³/mol. The van der Waals surface area contributed by atoms with Gasteiger partial charge >= 0.3 is 0 Å². The second-order valence-electron chi connectivity index (χ2n) is 6.95. The summed E-state index contributed by atoms with van der Waals surface area (Å²) >= 11 is 0. The van der Waals surface area contributed by atoms with Crippen LogP contribution < -0.4 is 10.1 Å². The van der Waals surface area contributed by atoms with Gasteiger partial charge in [0, 0.05) is 25.2 Å². The topological polar surface area (TPSA) is 91.3 Å². The first-order chi connectivity index (χ1) is 12.6. The number of rotatable bonds is 4. The van der Waals surface area contributed by atoms with E-state index in [1.165, 1.54) is 19.2 Å². The first-order valence-corrected chi connectivity index (χ1v) is 9.28. The van der Waals surface area contributed by atoms with Crippen LogP contribution >= 0.6 is 0 Å². The summed E-state index contributed by atoms with van der Waals surface area (Å²) in [6.07, 6.45) is 2.99. The SMILES string of the molecule is COc1ccc(C(=O)N[C@@H]2CCCC[C@@H](N3CCOCC3)[C@@H]2O)c(O)c1. The fraction of sp³-hybridized carbons (Fsp3) is 0.632. The van der Waals surface area contributed by atoms with Gasteiger partial charge in [0.25, 0.3) is 5.91 Å². The van der Waals surface area contributed by atoms with Crippen molar-refractivity contribution in [1.82, 2.24) is 10.2 Å². The first-order valence-electron chi connectivity index (χ1n) is 9.28. The zero-order valence-electron chi connectivity index (χ0n) is 15.2. The minimum Gasteiger partial charge on any atom is -0.507 e. The summed E-state index contributed by atoms with van der Waals surface area (Å²) in [5, 5.41) is 23.9. The minimum absolute atomic E-state index is 0.0242. The standard InChI is InChI=1S/C19H28N2O5/c1-25-13-6-7-14(17(22)12-13)19(24)20-15-4-2-3-5-16(18(15)23)21-8-10-26-11-9-21/h6-7,12,15-16,18,22-23H,2-5,8-11H2,1H3,(H,20,24)/t15-,16-,18-/m1/s1. The second-order valence-corrected chi connectivity index (χ2v) is 6.95. The van der Waals surface area contributed by atoms with Crippen molar-refractivity contribution < 1.29 is 24.5 Å². The molecule has 1 heterocycles. The van der Waals surface area contributed by atoms with Crippen molar-refractivity contribution in [2.24, 2.45) is 0 Å². The van der Waals surface area contributed by atoms with Crippen LogP contribution in [0.15, 0.2) is 18.2 Å². The Bertz CT molecular complexity index is 618. The summed E-state index contributed by atoms with van der Waals surface area (Å²) < 4.78 is 10.5. The molecular formula is C19H28N2O5. The second kappa shape index (κ2) is 8.70. The Morgan fingerprint density at radius 2 is 2.00 bits per heavy atom. The summed E-state index contributed by atoms with van der Waals surface area (Å²) in [7, 11) is 1.50. The van der Waals surface area contributed by atoms with E-state index in [0.29, 0.717) is 19.0 Å². The maximum absolute atomic E-state index is 12.6. The quantitative estimate of drug-likeness (QED) is 0.694. The van der Waals surface area contributed by atoms with Crippen LogP contribution in [0.5, 0.6) is 11.5 Å². The molecule has 0 unspecified atom stereocenters. The van der Waals surface area contributed by atoms with E-state index in [1.807, 2.05) is 0 Å². The molecule has 0 bridgehead atoms. The number of morpholine rings is 1. The summed E-state index contributed by atoms with van der Waals surface area (Å²) in [5.41, 5.74) is 0.185. The maximum atomic E-state index is 12.6. The highest BCUT2D eigenvalue weighted by Gasteiger charge is 2.35. The number of methoxy groups -OCH3 is 1. The minimum atomic E-state index is -0.639. The number of carbonyl (C=O) groups excluding carboxylic acids is 1. The van der Waals surface area contributed by atoms with E-state index in [-0.39, 0.29) is 29.3 Å². The summed E-state index contributed by atoms with van der Waals surface area (Å²) in [5.74, 6) is -0.0209. The molecule has 1 aliphatic heterocycles. The Morgan fingerprint density at radius 1 is 1.27 bits per heavy atom. The number of hydrogen-bond acceptors (Lipinski definition) is 6. The number of aliphatic hydroxyl groups excluding tert-OH is 1. The normalized spacial score (nSPS) is 27.5. The lowest BCUT2D eigenvalue weighted by Crippen LogP contribution is -2.55. The van der Waals surface area contributed by atoms with Gasteiger partial charge in [-0.2, -0.15) is 0 Å². The Balaban J connectivity index is 1.69. The average Bonchev–Trinajstić information content (AvgIpc) is 2.84. The van der Waals surface area contributed by atoms with Crippen LogP contribution in [0.1, 0.15) is 36.0 Å². The highest BCUT2D eigenvalue weighted by atomic mass is 16.5. The van der Waals surface area contributed by atoms with Gasteiger partial charge in [-0.05, 0) is 25.0 Å². The van der Waals surface area contributed by atoms with E-state index in [2.05, 4.69) is 10.2 Å². The van der Waals surface area contributed by atoms with Crippen LogP contribution in [0.4, 0.5) is 0 Å². The summed E-state index contributed by atoms with van der Waals surface area (Å²) in [6.45, 7) is 2.98. The number of nitrogens with one attached hydrogen (secondary N) is 1. The smallest absolute Gasteiger partial charge is 0.255 e. The van der Waals surface area contributed by atoms with Crippen molar-refractivity contribution in [2.45, 2.75) is 43.9 Å². The molecule has 2 aliphatic rings. The third-order valence-electron chi connectivity index (χ3n) is 5.35. The zero-order valence-corrected chi connectivity index (χ0v) is 15.2. The highest BCUT2D eigenvalue weighted by molar-refractivity contribution is 5.97. The fourth-order valence-corrected chi connectivity index (χ4v) is 3.87. The van der Waals surface area contributed by atoms with Crippen LogP contribution in [0.25, 0.3) is 0 Å². The van der Waals surface area contributed by atoms with Gasteiger partial charge in [0.1, 0.15) is 11.5 Å². The lowest BCUT2D eigenvalue weighted by molar-refractivity contribution is -0.0308. The van der Waals surface area contributed by atoms with E-state index < -0.39 is 6.10 Å². The number of carbonyl (C=O) groups is 1. The Hall–Kier alpha value is -1.83. The average molecular weight is 364 g/mol. The number of benzene rings is 1. The van der Waals surface area contributed by atoms with E-state index in [4.69, 9.17) is 9.47 Å². The monoisotopic (exact) mass is 364 g/mol. The van der Waals surface area contributed by atoms with Crippen molar-refractivity contribution >= 4 is 5.91 Å². The fourth-order valence-electron chi connectivity index (χ4n) is 3.87. The summed E-state index contributed by atoms with van der Waals surface area (Å²) in [4.78, 5) is 14.9. The molecule has 2 fully saturated rings. The molecular weight excluding hydrogens is 336 g/mol.